The van der Waals surface area contributed by atoms with Gasteiger partial charge in [0, 0.05) is 18.6 Å². The summed E-state index contributed by atoms with van der Waals surface area (Å²) in [4.78, 5) is 7.78. The van der Waals surface area contributed by atoms with Gasteiger partial charge in [-0.05, 0) is 6.08 Å². The van der Waals surface area contributed by atoms with Gasteiger partial charge in [0.05, 0.1) is 6.20 Å². The average Bonchev–Trinajstić information content (AvgIpc) is 2.05. The molecule has 0 fully saturated rings. The van der Waals surface area contributed by atoms with E-state index in [9.17, 15) is 0 Å². The highest BCUT2D eigenvalue weighted by Crippen LogP contribution is 1.95. The Morgan fingerprint density at radius 3 is 3.00 bits per heavy atom. The maximum absolute atomic E-state index is 6.88. The van der Waals surface area contributed by atoms with Crippen LogP contribution in [0, 0.1) is 5.41 Å². The lowest BCUT2D eigenvalue weighted by molar-refractivity contribution is 1.20. The second kappa shape index (κ2) is 4.07. The van der Waals surface area contributed by atoms with Crippen LogP contribution >= 0.6 is 0 Å². The standard InChI is InChI=1S/C7H9N5/c8-6(9)1-2-11-7-5-10-3-4-12-7/h1-5H,(H3,8,9)(H,11,12)/b2-1-. The molecule has 0 atom stereocenters. The van der Waals surface area contributed by atoms with Gasteiger partial charge in [0.1, 0.15) is 11.7 Å². The molecule has 0 aliphatic heterocycles. The fraction of sp³-hybridized carbons (Fsp3) is 0. The molecular weight excluding hydrogens is 154 g/mol. The molecule has 0 spiro atoms. The van der Waals surface area contributed by atoms with Gasteiger partial charge < -0.3 is 11.1 Å². The zero-order chi connectivity index (χ0) is 8.81. The van der Waals surface area contributed by atoms with Crippen LogP contribution in [0.3, 0.4) is 0 Å². The Labute approximate surface area is 69.9 Å². The zero-order valence-electron chi connectivity index (χ0n) is 6.36. The number of nitrogens with one attached hydrogen (secondary N) is 2. The van der Waals surface area contributed by atoms with Gasteiger partial charge in [-0.2, -0.15) is 0 Å². The van der Waals surface area contributed by atoms with E-state index in [4.69, 9.17) is 11.1 Å². The summed E-state index contributed by atoms with van der Waals surface area (Å²) in [5, 5.41) is 9.68. The molecule has 0 saturated heterocycles. The molecule has 5 nitrogen and oxygen atoms in total. The van der Waals surface area contributed by atoms with Gasteiger partial charge in [0.25, 0.3) is 0 Å². The number of hydrogen-bond acceptors (Lipinski definition) is 4. The minimum absolute atomic E-state index is 0.00797. The van der Waals surface area contributed by atoms with Crippen LogP contribution in [-0.4, -0.2) is 15.8 Å². The van der Waals surface area contributed by atoms with Crippen LogP contribution in [0.4, 0.5) is 5.82 Å². The fourth-order valence-electron chi connectivity index (χ4n) is 0.590. The average molecular weight is 163 g/mol. The lowest BCUT2D eigenvalue weighted by Gasteiger charge is -1.95. The molecule has 1 rings (SSSR count). The van der Waals surface area contributed by atoms with Crippen molar-refractivity contribution in [2.24, 2.45) is 5.73 Å². The number of anilines is 1. The largest absolute Gasteiger partial charge is 0.384 e. The third-order valence-corrected chi connectivity index (χ3v) is 1.06. The Bertz CT molecular complexity index is 279. The SMILES string of the molecule is N=C(N)/C=C\Nc1cnccn1. The molecule has 1 aromatic rings. The third-order valence-electron chi connectivity index (χ3n) is 1.06. The highest BCUT2D eigenvalue weighted by atomic mass is 15.0. The quantitative estimate of drug-likeness (QED) is 0.443. The molecule has 4 N–H and O–H groups in total. The van der Waals surface area contributed by atoms with Crippen LogP contribution < -0.4 is 11.1 Å². The van der Waals surface area contributed by atoms with E-state index in [-0.39, 0.29) is 5.84 Å². The van der Waals surface area contributed by atoms with Crippen LogP contribution in [0.1, 0.15) is 0 Å². The predicted octanol–water partition coefficient (Wildman–Crippen LogP) is 0.338. The second-order valence-corrected chi connectivity index (χ2v) is 2.02. The molecule has 1 heterocycles. The monoisotopic (exact) mass is 163 g/mol. The van der Waals surface area contributed by atoms with Gasteiger partial charge in [-0.3, -0.25) is 10.4 Å². The van der Waals surface area contributed by atoms with Crippen molar-refractivity contribution in [2.75, 3.05) is 5.32 Å². The van der Waals surface area contributed by atoms with Crippen molar-refractivity contribution >= 4 is 11.7 Å². The summed E-state index contributed by atoms with van der Waals surface area (Å²) in [5.41, 5.74) is 5.08. The van der Waals surface area contributed by atoms with E-state index in [0.717, 1.165) is 0 Å². The summed E-state index contributed by atoms with van der Waals surface area (Å²) in [6.45, 7) is 0. The first-order valence-electron chi connectivity index (χ1n) is 3.32. The molecule has 62 valence electrons. The van der Waals surface area contributed by atoms with Crippen molar-refractivity contribution in [1.82, 2.24) is 9.97 Å². The topological polar surface area (TPSA) is 87.7 Å². The number of aromatic nitrogens is 2. The first kappa shape index (κ1) is 8.19. The van der Waals surface area contributed by atoms with Crippen LogP contribution in [0.2, 0.25) is 0 Å². The minimum Gasteiger partial charge on any atom is -0.384 e. The number of rotatable bonds is 3. The number of hydrogen-bond donors (Lipinski definition) is 3. The Morgan fingerprint density at radius 1 is 1.58 bits per heavy atom. The van der Waals surface area contributed by atoms with Gasteiger partial charge >= 0.3 is 0 Å². The molecule has 0 bridgehead atoms. The Hall–Kier alpha value is -1.91. The third kappa shape index (κ3) is 2.78. The molecule has 0 saturated carbocycles. The van der Waals surface area contributed by atoms with Crippen LogP contribution in [0.15, 0.2) is 30.9 Å². The van der Waals surface area contributed by atoms with Crippen molar-refractivity contribution < 1.29 is 0 Å². The number of nitrogens with zero attached hydrogens (tertiary/aromatic N) is 2. The summed E-state index contributed by atoms with van der Waals surface area (Å²) in [5.74, 6) is 0.612. The number of nitrogens with two attached hydrogens (primary N) is 1. The summed E-state index contributed by atoms with van der Waals surface area (Å²) in [6, 6.07) is 0. The molecule has 0 aliphatic carbocycles. The maximum atomic E-state index is 6.88. The number of amidine groups is 1. The van der Waals surface area contributed by atoms with Gasteiger partial charge in [0.2, 0.25) is 0 Å². The molecule has 0 amide bonds. The van der Waals surface area contributed by atoms with Crippen molar-refractivity contribution in [1.29, 1.82) is 5.41 Å². The highest BCUT2D eigenvalue weighted by Gasteiger charge is 1.85. The normalized spacial score (nSPS) is 10.0. The molecule has 0 aromatic carbocycles. The highest BCUT2D eigenvalue weighted by molar-refractivity contribution is 5.88. The predicted molar refractivity (Wildman–Crippen MR) is 46.7 cm³/mol. The van der Waals surface area contributed by atoms with Gasteiger partial charge in [-0.25, -0.2) is 4.98 Å². The maximum Gasteiger partial charge on any atom is 0.148 e. The van der Waals surface area contributed by atoms with E-state index >= 15 is 0 Å². The Morgan fingerprint density at radius 2 is 2.42 bits per heavy atom. The van der Waals surface area contributed by atoms with E-state index in [1.807, 2.05) is 0 Å². The van der Waals surface area contributed by atoms with E-state index in [1.165, 1.54) is 12.3 Å². The molecule has 0 radical (unpaired) electrons. The minimum atomic E-state index is -0.00797. The van der Waals surface area contributed by atoms with Crippen LogP contribution in [0.25, 0.3) is 0 Å². The Balaban J connectivity index is 2.49. The summed E-state index contributed by atoms with van der Waals surface area (Å²) in [7, 11) is 0. The van der Waals surface area contributed by atoms with Crippen LogP contribution in [0.5, 0.6) is 0 Å². The molecule has 12 heavy (non-hydrogen) atoms. The molecule has 1 aromatic heterocycles. The summed E-state index contributed by atoms with van der Waals surface area (Å²) >= 11 is 0. The van der Waals surface area contributed by atoms with E-state index in [0.29, 0.717) is 5.82 Å². The van der Waals surface area contributed by atoms with Gasteiger partial charge in [-0.15, -0.1) is 0 Å². The Kier molecular flexibility index (Phi) is 2.78. The van der Waals surface area contributed by atoms with Crippen molar-refractivity contribution in [3.05, 3.63) is 30.9 Å². The van der Waals surface area contributed by atoms with Crippen LogP contribution in [-0.2, 0) is 0 Å². The van der Waals surface area contributed by atoms with Gasteiger partial charge in [-0.1, -0.05) is 0 Å². The van der Waals surface area contributed by atoms with Crippen molar-refractivity contribution in [3.63, 3.8) is 0 Å². The molecule has 0 unspecified atom stereocenters. The first-order chi connectivity index (χ1) is 5.79. The smallest absolute Gasteiger partial charge is 0.148 e. The first-order valence-corrected chi connectivity index (χ1v) is 3.32. The fourth-order valence-corrected chi connectivity index (χ4v) is 0.590. The zero-order valence-corrected chi connectivity index (χ0v) is 6.36. The van der Waals surface area contributed by atoms with Crippen molar-refractivity contribution in [3.8, 4) is 0 Å². The molecular formula is C7H9N5. The van der Waals surface area contributed by atoms with Crippen molar-refractivity contribution in [2.45, 2.75) is 0 Å². The lowest BCUT2D eigenvalue weighted by atomic mass is 10.5. The lowest BCUT2D eigenvalue weighted by Crippen LogP contribution is -2.05. The molecule has 0 aliphatic rings. The van der Waals surface area contributed by atoms with E-state index in [2.05, 4.69) is 15.3 Å². The van der Waals surface area contributed by atoms with E-state index in [1.54, 1.807) is 18.6 Å². The summed E-state index contributed by atoms with van der Waals surface area (Å²) in [6.07, 6.45) is 7.69. The summed E-state index contributed by atoms with van der Waals surface area (Å²) < 4.78 is 0. The second-order valence-electron chi connectivity index (χ2n) is 2.02. The van der Waals surface area contributed by atoms with E-state index < -0.39 is 0 Å². The van der Waals surface area contributed by atoms with Gasteiger partial charge in [0.15, 0.2) is 0 Å². The molecule has 5 heteroatoms.